The molecule has 1 fully saturated rings. The average molecular weight is 567 g/mol. The first-order valence-electron chi connectivity index (χ1n) is 11.7. The number of rotatable bonds is 10. The zero-order chi connectivity index (χ0) is 22.6. The molecule has 1 aromatic heterocycles. The summed E-state index contributed by atoms with van der Waals surface area (Å²) in [4.78, 5) is 13.8. The summed E-state index contributed by atoms with van der Waals surface area (Å²) in [5.41, 5.74) is 2.41. The highest BCUT2D eigenvalue weighted by atomic mass is 127. The molecule has 1 aliphatic rings. The molecule has 182 valence electrons. The van der Waals surface area contributed by atoms with Crippen molar-refractivity contribution in [1.29, 1.82) is 0 Å². The zero-order valence-corrected chi connectivity index (χ0v) is 22.5. The van der Waals surface area contributed by atoms with Crippen molar-refractivity contribution < 1.29 is 4.74 Å². The SMILES string of the molecule is CCN1CCN(c2cc(CNC(=NC)NCC(C)COCc3ccccc3)ccn2)CC1.I. The maximum atomic E-state index is 5.85. The van der Waals surface area contributed by atoms with Crippen molar-refractivity contribution in [1.82, 2.24) is 20.5 Å². The number of aromatic nitrogens is 1. The van der Waals surface area contributed by atoms with Gasteiger partial charge in [-0.3, -0.25) is 4.99 Å². The van der Waals surface area contributed by atoms with Gasteiger partial charge in [0.05, 0.1) is 13.2 Å². The molecule has 1 aliphatic heterocycles. The number of nitrogens with one attached hydrogen (secondary N) is 2. The lowest BCUT2D eigenvalue weighted by atomic mass is 10.2. The van der Waals surface area contributed by atoms with Crippen LogP contribution in [0.25, 0.3) is 0 Å². The third-order valence-corrected chi connectivity index (χ3v) is 5.77. The number of benzene rings is 1. The predicted octanol–water partition coefficient (Wildman–Crippen LogP) is 3.36. The van der Waals surface area contributed by atoms with E-state index >= 15 is 0 Å². The minimum Gasteiger partial charge on any atom is -0.376 e. The van der Waals surface area contributed by atoms with Gasteiger partial charge in [-0.25, -0.2) is 4.98 Å². The van der Waals surface area contributed by atoms with E-state index in [1.807, 2.05) is 24.4 Å². The molecule has 0 spiro atoms. The van der Waals surface area contributed by atoms with Crippen molar-refractivity contribution in [3.05, 3.63) is 59.8 Å². The van der Waals surface area contributed by atoms with E-state index in [4.69, 9.17) is 4.74 Å². The Morgan fingerprint density at radius 2 is 1.85 bits per heavy atom. The normalized spacial score (nSPS) is 15.6. The number of ether oxygens (including phenoxy) is 1. The zero-order valence-electron chi connectivity index (χ0n) is 20.2. The number of guanidine groups is 1. The molecule has 8 heteroatoms. The summed E-state index contributed by atoms with van der Waals surface area (Å²) in [5, 5.41) is 6.82. The van der Waals surface area contributed by atoms with Gasteiger partial charge in [-0.15, -0.1) is 24.0 Å². The first-order chi connectivity index (χ1) is 15.7. The van der Waals surface area contributed by atoms with Crippen LogP contribution in [0.4, 0.5) is 5.82 Å². The Hall–Kier alpha value is -1.91. The van der Waals surface area contributed by atoms with Crippen LogP contribution in [-0.2, 0) is 17.9 Å². The van der Waals surface area contributed by atoms with Crippen LogP contribution in [0.15, 0.2) is 53.7 Å². The van der Waals surface area contributed by atoms with Gasteiger partial charge in [-0.1, -0.05) is 44.2 Å². The first-order valence-corrected chi connectivity index (χ1v) is 11.7. The Morgan fingerprint density at radius 1 is 1.09 bits per heavy atom. The van der Waals surface area contributed by atoms with Gasteiger partial charge in [0.15, 0.2) is 5.96 Å². The number of hydrogen-bond donors (Lipinski definition) is 2. The lowest BCUT2D eigenvalue weighted by Gasteiger charge is -2.34. The molecule has 33 heavy (non-hydrogen) atoms. The van der Waals surface area contributed by atoms with E-state index in [1.165, 1.54) is 11.1 Å². The smallest absolute Gasteiger partial charge is 0.191 e. The monoisotopic (exact) mass is 566 g/mol. The number of nitrogens with zero attached hydrogens (tertiary/aromatic N) is 4. The summed E-state index contributed by atoms with van der Waals surface area (Å²) >= 11 is 0. The maximum absolute atomic E-state index is 5.85. The first kappa shape index (κ1) is 27.3. The van der Waals surface area contributed by atoms with Crippen LogP contribution in [0, 0.1) is 5.92 Å². The molecule has 3 rings (SSSR count). The highest BCUT2D eigenvalue weighted by molar-refractivity contribution is 14.0. The molecule has 2 N–H and O–H groups in total. The van der Waals surface area contributed by atoms with Gasteiger partial charge in [-0.2, -0.15) is 0 Å². The quantitative estimate of drug-likeness (QED) is 0.261. The molecule has 1 unspecified atom stereocenters. The molecule has 0 amide bonds. The predicted molar refractivity (Wildman–Crippen MR) is 147 cm³/mol. The van der Waals surface area contributed by atoms with Gasteiger partial charge >= 0.3 is 0 Å². The van der Waals surface area contributed by atoms with Gasteiger partial charge in [-0.05, 0) is 35.7 Å². The Balaban J connectivity index is 0.00000385. The van der Waals surface area contributed by atoms with Crippen LogP contribution in [0.3, 0.4) is 0 Å². The number of halogens is 1. The average Bonchev–Trinajstić information content (AvgIpc) is 2.85. The van der Waals surface area contributed by atoms with Crippen LogP contribution < -0.4 is 15.5 Å². The second-order valence-electron chi connectivity index (χ2n) is 8.36. The van der Waals surface area contributed by atoms with Crippen LogP contribution in [0.5, 0.6) is 0 Å². The highest BCUT2D eigenvalue weighted by Crippen LogP contribution is 2.15. The number of hydrogen-bond acceptors (Lipinski definition) is 5. The Kier molecular flexibility index (Phi) is 12.5. The van der Waals surface area contributed by atoms with Crippen molar-refractivity contribution in [2.24, 2.45) is 10.9 Å². The Labute approximate surface area is 216 Å². The Bertz CT molecular complexity index is 827. The fourth-order valence-corrected chi connectivity index (χ4v) is 3.73. The second kappa shape index (κ2) is 15.1. The van der Waals surface area contributed by atoms with Crippen molar-refractivity contribution in [2.45, 2.75) is 27.0 Å². The van der Waals surface area contributed by atoms with Crippen LogP contribution in [0.1, 0.15) is 25.0 Å². The summed E-state index contributed by atoms with van der Waals surface area (Å²) < 4.78 is 5.85. The molecule has 0 radical (unpaired) electrons. The molecule has 1 aromatic carbocycles. The molecule has 0 bridgehead atoms. The number of pyridine rings is 1. The van der Waals surface area contributed by atoms with E-state index in [0.717, 1.165) is 51.0 Å². The summed E-state index contributed by atoms with van der Waals surface area (Å²) in [5.74, 6) is 2.24. The number of piperazine rings is 1. The molecule has 1 saturated heterocycles. The van der Waals surface area contributed by atoms with Gasteiger partial charge in [0, 0.05) is 52.5 Å². The second-order valence-corrected chi connectivity index (χ2v) is 8.36. The van der Waals surface area contributed by atoms with E-state index in [2.05, 4.69) is 68.5 Å². The number of likely N-dealkylation sites (N-methyl/N-ethyl adjacent to an activating group) is 1. The van der Waals surface area contributed by atoms with Gasteiger partial charge in [0.2, 0.25) is 0 Å². The third-order valence-electron chi connectivity index (χ3n) is 5.77. The van der Waals surface area contributed by atoms with Gasteiger partial charge in [0.1, 0.15) is 5.82 Å². The van der Waals surface area contributed by atoms with Gasteiger partial charge in [0.25, 0.3) is 0 Å². The van der Waals surface area contributed by atoms with Crippen LogP contribution in [0.2, 0.25) is 0 Å². The topological polar surface area (TPSA) is 65.0 Å². The van der Waals surface area contributed by atoms with E-state index in [-0.39, 0.29) is 24.0 Å². The molecule has 1 atom stereocenters. The lowest BCUT2D eigenvalue weighted by molar-refractivity contribution is 0.0931. The van der Waals surface area contributed by atoms with Crippen molar-refractivity contribution in [2.75, 3.05) is 57.8 Å². The van der Waals surface area contributed by atoms with Crippen molar-refractivity contribution in [3.63, 3.8) is 0 Å². The van der Waals surface area contributed by atoms with Gasteiger partial charge < -0.3 is 25.2 Å². The summed E-state index contributed by atoms with van der Waals surface area (Å²) in [6.07, 6.45) is 1.90. The minimum atomic E-state index is 0. The van der Waals surface area contributed by atoms with E-state index < -0.39 is 0 Å². The molecular formula is C25H39IN6O. The molecular weight excluding hydrogens is 527 g/mol. The molecule has 7 nitrogen and oxygen atoms in total. The summed E-state index contributed by atoms with van der Waals surface area (Å²) in [7, 11) is 1.80. The third kappa shape index (κ3) is 9.46. The van der Waals surface area contributed by atoms with Crippen molar-refractivity contribution in [3.8, 4) is 0 Å². The van der Waals surface area contributed by atoms with Crippen molar-refractivity contribution >= 4 is 35.8 Å². The lowest BCUT2D eigenvalue weighted by Crippen LogP contribution is -2.46. The summed E-state index contributed by atoms with van der Waals surface area (Å²) in [6.45, 7) is 12.7. The standard InChI is InChI=1S/C25H38N6O.HI/c1-4-30-12-14-31(15-13-30)24-16-23(10-11-27-24)18-29-25(26-3)28-17-21(2)19-32-20-22-8-6-5-7-9-22;/h5-11,16,21H,4,12-15,17-20H2,1-3H3,(H2,26,28,29);1H. The Morgan fingerprint density at radius 3 is 2.55 bits per heavy atom. The highest BCUT2D eigenvalue weighted by Gasteiger charge is 2.16. The van der Waals surface area contributed by atoms with E-state index in [1.54, 1.807) is 7.05 Å². The van der Waals surface area contributed by atoms with E-state index in [9.17, 15) is 0 Å². The molecule has 0 aliphatic carbocycles. The molecule has 0 saturated carbocycles. The number of aliphatic imine (C=N–C) groups is 1. The van der Waals surface area contributed by atoms with E-state index in [0.29, 0.717) is 25.7 Å². The van der Waals surface area contributed by atoms with Crippen LogP contribution in [-0.4, -0.2) is 68.8 Å². The largest absolute Gasteiger partial charge is 0.376 e. The molecule has 2 aromatic rings. The maximum Gasteiger partial charge on any atom is 0.191 e. The fourth-order valence-electron chi connectivity index (χ4n) is 3.73. The van der Waals surface area contributed by atoms with Crippen LogP contribution >= 0.6 is 24.0 Å². The minimum absolute atomic E-state index is 0. The number of anilines is 1. The molecule has 2 heterocycles. The summed E-state index contributed by atoms with van der Waals surface area (Å²) in [6, 6.07) is 14.5. The fraction of sp³-hybridized carbons (Fsp3) is 0.520.